The molecule has 0 aliphatic carbocycles. The SMILES string of the molecule is CN.Oc1c(F)cc(-c2c(Cl)cccc2Cl)c2c1CCCO2. The average Bonchev–Trinajstić information content (AvgIpc) is 2.54. The van der Waals surface area contributed by atoms with Crippen LogP contribution in [0.5, 0.6) is 11.5 Å². The molecule has 3 rings (SSSR count). The van der Waals surface area contributed by atoms with E-state index in [-0.39, 0.29) is 5.75 Å². The molecule has 6 heteroatoms. The van der Waals surface area contributed by atoms with Gasteiger partial charge < -0.3 is 15.6 Å². The van der Waals surface area contributed by atoms with Gasteiger partial charge >= 0.3 is 0 Å². The summed E-state index contributed by atoms with van der Waals surface area (Å²) in [5, 5.41) is 10.7. The smallest absolute Gasteiger partial charge is 0.165 e. The molecule has 0 aromatic heterocycles. The molecule has 0 fully saturated rings. The first-order valence-corrected chi connectivity index (χ1v) is 7.54. The van der Waals surface area contributed by atoms with Gasteiger partial charge in [-0.25, -0.2) is 4.39 Å². The van der Waals surface area contributed by atoms with Crippen LogP contribution in [0.2, 0.25) is 10.0 Å². The Labute approximate surface area is 138 Å². The van der Waals surface area contributed by atoms with Gasteiger partial charge in [-0.2, -0.15) is 0 Å². The number of benzene rings is 2. The minimum atomic E-state index is -0.694. The Kier molecular flexibility index (Phi) is 5.51. The van der Waals surface area contributed by atoms with Crippen molar-refractivity contribution in [2.45, 2.75) is 12.8 Å². The number of halogens is 3. The molecule has 0 saturated heterocycles. The molecule has 0 saturated carbocycles. The van der Waals surface area contributed by atoms with E-state index in [4.69, 9.17) is 27.9 Å². The van der Waals surface area contributed by atoms with Crippen molar-refractivity contribution >= 4 is 23.2 Å². The average molecular weight is 344 g/mol. The van der Waals surface area contributed by atoms with Crippen molar-refractivity contribution in [1.29, 1.82) is 0 Å². The summed E-state index contributed by atoms with van der Waals surface area (Å²) in [5.41, 5.74) is 5.97. The maximum atomic E-state index is 13.9. The number of fused-ring (bicyclic) bond motifs is 1. The highest BCUT2D eigenvalue weighted by Crippen LogP contribution is 2.46. The van der Waals surface area contributed by atoms with Crippen molar-refractivity contribution in [1.82, 2.24) is 0 Å². The quantitative estimate of drug-likeness (QED) is 0.806. The maximum absolute atomic E-state index is 13.9. The van der Waals surface area contributed by atoms with Gasteiger partial charge in [0.15, 0.2) is 11.6 Å². The summed E-state index contributed by atoms with van der Waals surface area (Å²) in [6.45, 7) is 0.521. The number of phenolic OH excluding ortho intramolecular Hbond substituents is 1. The number of rotatable bonds is 1. The number of ether oxygens (including phenoxy) is 1. The van der Waals surface area contributed by atoms with Gasteiger partial charge in [-0.05, 0) is 38.1 Å². The number of hydrogen-bond acceptors (Lipinski definition) is 3. The van der Waals surface area contributed by atoms with Crippen LogP contribution in [0, 0.1) is 5.82 Å². The topological polar surface area (TPSA) is 55.5 Å². The number of aromatic hydroxyl groups is 1. The van der Waals surface area contributed by atoms with Crippen LogP contribution in [0.3, 0.4) is 0 Å². The predicted octanol–water partition coefficient (Wildman–Crippen LogP) is 4.41. The molecule has 1 aliphatic heterocycles. The van der Waals surface area contributed by atoms with Crippen molar-refractivity contribution in [3.05, 3.63) is 45.7 Å². The molecule has 3 N–H and O–H groups in total. The minimum Gasteiger partial charge on any atom is -0.505 e. The summed E-state index contributed by atoms with van der Waals surface area (Å²) in [6.07, 6.45) is 1.30. The van der Waals surface area contributed by atoms with Crippen LogP contribution in [0.25, 0.3) is 11.1 Å². The Morgan fingerprint density at radius 2 is 1.86 bits per heavy atom. The van der Waals surface area contributed by atoms with Gasteiger partial charge in [-0.1, -0.05) is 29.3 Å². The van der Waals surface area contributed by atoms with E-state index in [0.29, 0.717) is 45.5 Å². The van der Waals surface area contributed by atoms with Gasteiger partial charge in [0.25, 0.3) is 0 Å². The van der Waals surface area contributed by atoms with Crippen molar-refractivity contribution < 1.29 is 14.2 Å². The van der Waals surface area contributed by atoms with Crippen LogP contribution in [-0.2, 0) is 6.42 Å². The van der Waals surface area contributed by atoms with Crippen molar-refractivity contribution in [2.75, 3.05) is 13.7 Å². The Balaban J connectivity index is 0.000000847. The summed E-state index contributed by atoms with van der Waals surface area (Å²) in [5.74, 6) is -0.586. The van der Waals surface area contributed by atoms with E-state index in [9.17, 15) is 9.50 Å². The van der Waals surface area contributed by atoms with Gasteiger partial charge in [0.2, 0.25) is 0 Å². The molecule has 22 heavy (non-hydrogen) atoms. The summed E-state index contributed by atoms with van der Waals surface area (Å²) in [6, 6.07) is 6.30. The van der Waals surface area contributed by atoms with E-state index >= 15 is 0 Å². The van der Waals surface area contributed by atoms with Crippen LogP contribution in [-0.4, -0.2) is 18.8 Å². The molecular formula is C16H16Cl2FNO2. The first kappa shape index (κ1) is 16.9. The van der Waals surface area contributed by atoms with Crippen LogP contribution < -0.4 is 10.5 Å². The van der Waals surface area contributed by atoms with Crippen LogP contribution in [0.1, 0.15) is 12.0 Å². The zero-order valence-corrected chi connectivity index (χ0v) is 13.5. The standard InChI is InChI=1S/C15H11Cl2FO2.CH5N/c16-10-4-1-5-11(17)13(10)9-7-12(18)14(19)8-3-2-6-20-15(8)9;1-2/h1,4-5,7,19H,2-3,6H2;2H2,1H3. The normalized spacial score (nSPS) is 12.8. The van der Waals surface area contributed by atoms with E-state index in [0.717, 1.165) is 6.42 Å². The molecule has 0 radical (unpaired) electrons. The summed E-state index contributed by atoms with van der Waals surface area (Å²) < 4.78 is 19.5. The van der Waals surface area contributed by atoms with Crippen molar-refractivity contribution in [3.8, 4) is 22.6 Å². The first-order valence-electron chi connectivity index (χ1n) is 6.79. The number of hydrogen-bond donors (Lipinski definition) is 2. The summed E-state index contributed by atoms with van der Waals surface area (Å²) >= 11 is 12.3. The second-order valence-corrected chi connectivity index (χ2v) is 5.43. The van der Waals surface area contributed by atoms with Gasteiger partial charge in [-0.15, -0.1) is 0 Å². The first-order chi connectivity index (χ1) is 10.6. The molecule has 0 bridgehead atoms. The zero-order valence-electron chi connectivity index (χ0n) is 12.0. The van der Waals surface area contributed by atoms with Gasteiger partial charge in [0.05, 0.1) is 16.7 Å². The Morgan fingerprint density at radius 3 is 2.50 bits per heavy atom. The van der Waals surface area contributed by atoms with E-state index in [1.165, 1.54) is 13.1 Å². The molecule has 2 aromatic carbocycles. The van der Waals surface area contributed by atoms with E-state index < -0.39 is 5.82 Å². The predicted molar refractivity (Wildman–Crippen MR) is 87.4 cm³/mol. The molecular weight excluding hydrogens is 328 g/mol. The second-order valence-electron chi connectivity index (χ2n) is 4.61. The zero-order chi connectivity index (χ0) is 16.3. The molecule has 1 aliphatic rings. The van der Waals surface area contributed by atoms with Gasteiger partial charge in [0, 0.05) is 16.7 Å². The molecule has 118 valence electrons. The fourth-order valence-corrected chi connectivity index (χ4v) is 3.04. The third-order valence-electron chi connectivity index (χ3n) is 3.35. The van der Waals surface area contributed by atoms with E-state index in [2.05, 4.69) is 5.73 Å². The Bertz CT molecular complexity index is 672. The fourth-order valence-electron chi connectivity index (χ4n) is 2.44. The molecule has 0 amide bonds. The molecule has 3 nitrogen and oxygen atoms in total. The van der Waals surface area contributed by atoms with Crippen molar-refractivity contribution in [2.24, 2.45) is 5.73 Å². The van der Waals surface area contributed by atoms with Gasteiger partial charge in [0.1, 0.15) is 5.75 Å². The third-order valence-corrected chi connectivity index (χ3v) is 3.98. The molecule has 0 spiro atoms. The Morgan fingerprint density at radius 1 is 1.23 bits per heavy atom. The van der Waals surface area contributed by atoms with Gasteiger partial charge in [-0.3, -0.25) is 0 Å². The summed E-state index contributed by atoms with van der Waals surface area (Å²) in [7, 11) is 1.50. The highest BCUT2D eigenvalue weighted by atomic mass is 35.5. The number of nitrogens with two attached hydrogens (primary N) is 1. The lowest BCUT2D eigenvalue weighted by molar-refractivity contribution is 0.282. The van der Waals surface area contributed by atoms with Crippen molar-refractivity contribution in [3.63, 3.8) is 0 Å². The second kappa shape index (κ2) is 7.18. The molecule has 0 atom stereocenters. The highest BCUT2D eigenvalue weighted by Gasteiger charge is 2.24. The monoisotopic (exact) mass is 343 g/mol. The molecule has 2 aromatic rings. The maximum Gasteiger partial charge on any atom is 0.165 e. The third kappa shape index (κ3) is 3.00. The largest absolute Gasteiger partial charge is 0.505 e. The number of phenols is 1. The van der Waals surface area contributed by atoms with Crippen LogP contribution in [0.15, 0.2) is 24.3 Å². The lowest BCUT2D eigenvalue weighted by Crippen LogP contribution is -2.10. The lowest BCUT2D eigenvalue weighted by Gasteiger charge is -2.22. The van der Waals surface area contributed by atoms with E-state index in [1.54, 1.807) is 18.2 Å². The van der Waals surface area contributed by atoms with E-state index in [1.807, 2.05) is 0 Å². The lowest BCUT2D eigenvalue weighted by atomic mass is 9.96. The fraction of sp³-hybridized carbons (Fsp3) is 0.250. The molecule has 1 heterocycles. The highest BCUT2D eigenvalue weighted by molar-refractivity contribution is 6.39. The van der Waals surface area contributed by atoms with Crippen LogP contribution >= 0.6 is 23.2 Å². The summed E-state index contributed by atoms with van der Waals surface area (Å²) in [4.78, 5) is 0. The molecule has 0 unspecified atom stereocenters. The Hall–Kier alpha value is -1.49. The van der Waals surface area contributed by atoms with Crippen LogP contribution in [0.4, 0.5) is 4.39 Å². The minimum absolute atomic E-state index is 0.355.